The summed E-state index contributed by atoms with van der Waals surface area (Å²) in [5.41, 5.74) is 0.957. The van der Waals surface area contributed by atoms with Gasteiger partial charge in [0.15, 0.2) is 0 Å². The van der Waals surface area contributed by atoms with E-state index < -0.39 is 0 Å². The zero-order valence-electron chi connectivity index (χ0n) is 14.2. The first-order valence-corrected chi connectivity index (χ1v) is 9.23. The van der Waals surface area contributed by atoms with Crippen LogP contribution in [0.25, 0.3) is 0 Å². The summed E-state index contributed by atoms with van der Waals surface area (Å²) in [4.78, 5) is 14.7. The van der Waals surface area contributed by atoms with Gasteiger partial charge in [0.2, 0.25) is 0 Å². The Morgan fingerprint density at radius 3 is 3.12 bits per heavy atom. The van der Waals surface area contributed by atoms with Crippen LogP contribution in [0.15, 0.2) is 18.2 Å². The molecule has 6 heteroatoms. The molecule has 2 aliphatic rings. The van der Waals surface area contributed by atoms with E-state index in [1.54, 1.807) is 0 Å². The predicted octanol–water partition coefficient (Wildman–Crippen LogP) is 3.19. The highest BCUT2D eigenvalue weighted by Gasteiger charge is 2.26. The highest BCUT2D eigenvalue weighted by Crippen LogP contribution is 2.37. The van der Waals surface area contributed by atoms with Crippen molar-refractivity contribution in [1.82, 2.24) is 15.5 Å². The second kappa shape index (κ2) is 8.08. The van der Waals surface area contributed by atoms with Crippen LogP contribution in [0.1, 0.15) is 37.8 Å². The summed E-state index contributed by atoms with van der Waals surface area (Å²) in [7, 11) is 0. The smallest absolute Gasteiger partial charge is 0.315 e. The number of carbonyl (C=O) groups excluding carboxylic acids is 1. The molecule has 5 nitrogen and oxygen atoms in total. The maximum absolute atomic E-state index is 12.3. The Kier molecular flexibility index (Phi) is 5.85. The topological polar surface area (TPSA) is 53.6 Å². The molecule has 0 radical (unpaired) electrons. The van der Waals surface area contributed by atoms with Gasteiger partial charge in [-0.2, -0.15) is 0 Å². The van der Waals surface area contributed by atoms with Crippen molar-refractivity contribution in [2.75, 3.05) is 32.8 Å². The number of carbonyl (C=O) groups is 1. The number of urea groups is 1. The summed E-state index contributed by atoms with van der Waals surface area (Å²) in [6, 6.07) is 5.51. The van der Waals surface area contributed by atoms with Crippen LogP contribution in [0.5, 0.6) is 5.75 Å². The quantitative estimate of drug-likeness (QED) is 0.856. The summed E-state index contributed by atoms with van der Waals surface area (Å²) in [5, 5.41) is 6.69. The Bertz CT molecular complexity index is 581. The average molecular weight is 352 g/mol. The molecule has 0 bridgehead atoms. The van der Waals surface area contributed by atoms with Crippen LogP contribution in [0, 0.1) is 5.92 Å². The van der Waals surface area contributed by atoms with E-state index in [1.807, 2.05) is 18.2 Å². The molecule has 2 N–H and O–H groups in total. The van der Waals surface area contributed by atoms with Gasteiger partial charge >= 0.3 is 6.03 Å². The fraction of sp³-hybridized carbons (Fsp3) is 0.611. The van der Waals surface area contributed by atoms with E-state index in [9.17, 15) is 4.79 Å². The van der Waals surface area contributed by atoms with E-state index in [0.717, 1.165) is 44.6 Å². The summed E-state index contributed by atoms with van der Waals surface area (Å²) < 4.78 is 5.63. The molecule has 0 aromatic heterocycles. The van der Waals surface area contributed by atoms with Crippen molar-refractivity contribution in [1.29, 1.82) is 0 Å². The third-order valence-electron chi connectivity index (χ3n) is 4.79. The van der Waals surface area contributed by atoms with E-state index in [1.165, 1.54) is 6.42 Å². The predicted molar refractivity (Wildman–Crippen MR) is 95.7 cm³/mol. The molecule has 0 saturated carbocycles. The van der Waals surface area contributed by atoms with Crippen LogP contribution in [-0.4, -0.2) is 43.7 Å². The summed E-state index contributed by atoms with van der Waals surface area (Å²) in [6.07, 6.45) is 3.11. The van der Waals surface area contributed by atoms with Gasteiger partial charge in [0, 0.05) is 25.1 Å². The minimum Gasteiger partial charge on any atom is -0.492 e. The third-order valence-corrected chi connectivity index (χ3v) is 5.09. The molecular formula is C18H26ClN3O2. The van der Waals surface area contributed by atoms with Gasteiger partial charge in [-0.3, -0.25) is 0 Å². The maximum Gasteiger partial charge on any atom is 0.315 e. The number of para-hydroxylation sites is 1. The van der Waals surface area contributed by atoms with E-state index in [0.29, 0.717) is 23.3 Å². The van der Waals surface area contributed by atoms with Gasteiger partial charge in [-0.1, -0.05) is 30.7 Å². The first-order valence-electron chi connectivity index (χ1n) is 8.85. The number of nitrogens with one attached hydrogen (secondary N) is 2. The zero-order valence-corrected chi connectivity index (χ0v) is 14.9. The molecule has 2 heterocycles. The van der Waals surface area contributed by atoms with Crippen LogP contribution in [0.2, 0.25) is 5.02 Å². The van der Waals surface area contributed by atoms with Crippen molar-refractivity contribution in [3.63, 3.8) is 0 Å². The largest absolute Gasteiger partial charge is 0.492 e. The van der Waals surface area contributed by atoms with Crippen molar-refractivity contribution in [2.45, 2.75) is 32.2 Å². The van der Waals surface area contributed by atoms with E-state index in [-0.39, 0.29) is 12.1 Å². The van der Waals surface area contributed by atoms with Crippen molar-refractivity contribution in [3.8, 4) is 5.75 Å². The minimum atomic E-state index is -0.109. The fourth-order valence-corrected chi connectivity index (χ4v) is 3.82. The highest BCUT2D eigenvalue weighted by atomic mass is 35.5. The summed E-state index contributed by atoms with van der Waals surface area (Å²) in [5.74, 6) is 1.25. The number of nitrogens with zero attached hydrogens (tertiary/aromatic N) is 1. The van der Waals surface area contributed by atoms with Crippen molar-refractivity contribution in [3.05, 3.63) is 28.8 Å². The number of hydrogen-bond donors (Lipinski definition) is 2. The Labute approximate surface area is 148 Å². The second-order valence-electron chi connectivity index (χ2n) is 6.66. The molecule has 1 fully saturated rings. The van der Waals surface area contributed by atoms with Crippen LogP contribution in [0.4, 0.5) is 4.79 Å². The average Bonchev–Trinajstić information content (AvgIpc) is 3.02. The van der Waals surface area contributed by atoms with Crippen molar-refractivity contribution in [2.24, 2.45) is 5.92 Å². The summed E-state index contributed by atoms with van der Waals surface area (Å²) >= 11 is 6.17. The van der Waals surface area contributed by atoms with Crippen molar-refractivity contribution >= 4 is 17.6 Å². The lowest BCUT2D eigenvalue weighted by Crippen LogP contribution is -2.41. The molecule has 1 aromatic rings. The SMILES string of the molecule is CCCN1CC[C@@H](CNC(=O)N[C@@H]2CCOc3c(Cl)cccc32)C1. The van der Waals surface area contributed by atoms with Gasteiger partial charge in [-0.15, -0.1) is 0 Å². The van der Waals surface area contributed by atoms with Crippen LogP contribution in [0.3, 0.4) is 0 Å². The molecule has 132 valence electrons. The fourth-order valence-electron chi connectivity index (χ4n) is 3.58. The molecule has 3 rings (SSSR count). The monoisotopic (exact) mass is 351 g/mol. The lowest BCUT2D eigenvalue weighted by molar-refractivity contribution is 0.221. The lowest BCUT2D eigenvalue weighted by Gasteiger charge is -2.27. The Morgan fingerprint density at radius 2 is 2.29 bits per heavy atom. The normalized spacial score (nSPS) is 23.4. The number of fused-ring (bicyclic) bond motifs is 1. The summed E-state index contributed by atoms with van der Waals surface area (Å²) in [6.45, 7) is 6.89. The van der Waals surface area contributed by atoms with Gasteiger partial charge in [0.05, 0.1) is 17.7 Å². The zero-order chi connectivity index (χ0) is 16.9. The molecule has 2 amide bonds. The van der Waals surface area contributed by atoms with Crippen LogP contribution in [-0.2, 0) is 0 Å². The van der Waals surface area contributed by atoms with Crippen LogP contribution >= 0.6 is 11.6 Å². The molecular weight excluding hydrogens is 326 g/mol. The Hall–Kier alpha value is -1.46. The van der Waals surface area contributed by atoms with Gasteiger partial charge < -0.3 is 20.3 Å². The number of hydrogen-bond acceptors (Lipinski definition) is 3. The molecule has 0 aliphatic carbocycles. The molecule has 2 aliphatic heterocycles. The first-order chi connectivity index (χ1) is 11.7. The molecule has 1 aromatic carbocycles. The molecule has 0 unspecified atom stereocenters. The molecule has 24 heavy (non-hydrogen) atoms. The second-order valence-corrected chi connectivity index (χ2v) is 7.06. The van der Waals surface area contributed by atoms with Crippen LogP contribution < -0.4 is 15.4 Å². The molecule has 0 spiro atoms. The van der Waals surface area contributed by atoms with Gasteiger partial charge in [-0.25, -0.2) is 4.79 Å². The van der Waals surface area contributed by atoms with E-state index >= 15 is 0 Å². The van der Waals surface area contributed by atoms with Gasteiger partial charge in [-0.05, 0) is 37.9 Å². The van der Waals surface area contributed by atoms with Gasteiger partial charge in [0.1, 0.15) is 5.75 Å². The first kappa shape index (κ1) is 17.4. The standard InChI is InChI=1S/C18H26ClN3O2/c1-2-8-22-9-6-13(12-22)11-20-18(23)21-16-7-10-24-17-14(16)4-3-5-15(17)19/h3-5,13,16H,2,6-12H2,1H3,(H2,20,21,23)/t13-,16+/m0/s1. The Balaban J connectivity index is 1.49. The highest BCUT2D eigenvalue weighted by molar-refractivity contribution is 6.32. The number of halogens is 1. The number of likely N-dealkylation sites (tertiary alicyclic amines) is 1. The maximum atomic E-state index is 12.3. The third kappa shape index (κ3) is 4.14. The molecule has 1 saturated heterocycles. The van der Waals surface area contributed by atoms with Crippen molar-refractivity contribution < 1.29 is 9.53 Å². The van der Waals surface area contributed by atoms with E-state index in [4.69, 9.17) is 16.3 Å². The van der Waals surface area contributed by atoms with Gasteiger partial charge in [0.25, 0.3) is 0 Å². The van der Waals surface area contributed by atoms with E-state index in [2.05, 4.69) is 22.5 Å². The Morgan fingerprint density at radius 1 is 1.42 bits per heavy atom. The molecule has 2 atom stereocenters. The number of ether oxygens (including phenoxy) is 1. The minimum absolute atomic E-state index is 0.0485. The lowest BCUT2D eigenvalue weighted by atomic mass is 10.0. The number of rotatable bonds is 5. The number of amides is 2. The number of benzene rings is 1.